The minimum absolute atomic E-state index is 0.293. The molecule has 1 aromatic rings. The molecule has 0 atom stereocenters. The Labute approximate surface area is 93.2 Å². The van der Waals surface area contributed by atoms with Crippen LogP contribution in [0.2, 0.25) is 0 Å². The van der Waals surface area contributed by atoms with E-state index in [0.29, 0.717) is 12.2 Å². The van der Waals surface area contributed by atoms with Crippen molar-refractivity contribution in [2.45, 2.75) is 26.2 Å². The highest BCUT2D eigenvalue weighted by molar-refractivity contribution is 5.21. The maximum atomic E-state index is 4.47. The summed E-state index contributed by atoms with van der Waals surface area (Å²) in [5.74, 6) is 0. The topological polar surface area (TPSA) is 18.5 Å². The van der Waals surface area contributed by atoms with Crippen molar-refractivity contribution in [3.63, 3.8) is 0 Å². The molecule has 2 nitrogen and oxygen atoms in total. The molecule has 0 saturated carbocycles. The van der Waals surface area contributed by atoms with Crippen molar-refractivity contribution >= 4 is 0 Å². The van der Waals surface area contributed by atoms with Crippen molar-refractivity contribution < 1.29 is 9.47 Å². The van der Waals surface area contributed by atoms with Crippen LogP contribution in [-0.4, -0.2) is 21.0 Å². The molecule has 0 spiro atoms. The maximum absolute atomic E-state index is 4.47. The molecule has 0 bridgehead atoms. The van der Waals surface area contributed by atoms with Gasteiger partial charge in [0.2, 0.25) is 0 Å². The summed E-state index contributed by atoms with van der Waals surface area (Å²) < 4.78 is 8.94. The van der Waals surface area contributed by atoms with E-state index < -0.39 is 0 Å². The van der Waals surface area contributed by atoms with Crippen molar-refractivity contribution in [2.75, 3.05) is 21.0 Å². The molecule has 0 heterocycles. The van der Waals surface area contributed by atoms with Crippen LogP contribution < -0.4 is 0 Å². The van der Waals surface area contributed by atoms with Gasteiger partial charge in [-0.1, -0.05) is 51.1 Å². The molecule has 0 saturated heterocycles. The number of rotatable bonds is 2. The van der Waals surface area contributed by atoms with Crippen LogP contribution in [0, 0.1) is 0 Å². The minimum Gasteiger partial charge on any atom is -0.359 e. The van der Waals surface area contributed by atoms with Crippen LogP contribution >= 0.6 is 0 Å². The van der Waals surface area contributed by atoms with Gasteiger partial charge in [-0.2, -0.15) is 0 Å². The van der Waals surface area contributed by atoms with E-state index in [0.717, 1.165) is 0 Å². The van der Waals surface area contributed by atoms with Gasteiger partial charge >= 0.3 is 0 Å². The Morgan fingerprint density at radius 2 is 1.40 bits per heavy atom. The van der Waals surface area contributed by atoms with E-state index >= 15 is 0 Å². The first kappa shape index (κ1) is 14.1. The molecule has 0 amide bonds. The first-order valence-corrected chi connectivity index (χ1v) is 5.05. The predicted octanol–water partition coefficient (Wildman–Crippen LogP) is 3.22. The Bertz CT molecular complexity index is 234. The SMILES string of the molecule is CC(C)(C)c1ccccc1.COCOC. The van der Waals surface area contributed by atoms with Crippen LogP contribution in [0.1, 0.15) is 26.3 Å². The summed E-state index contributed by atoms with van der Waals surface area (Å²) in [6, 6.07) is 10.6. The minimum atomic E-state index is 0.293. The van der Waals surface area contributed by atoms with Gasteiger partial charge in [0.05, 0.1) is 0 Å². The number of hydrogen-bond donors (Lipinski definition) is 0. The largest absolute Gasteiger partial charge is 0.359 e. The van der Waals surface area contributed by atoms with Gasteiger partial charge in [-0.3, -0.25) is 0 Å². The second kappa shape index (κ2) is 7.43. The van der Waals surface area contributed by atoms with Crippen molar-refractivity contribution in [3.05, 3.63) is 35.9 Å². The molecule has 0 unspecified atom stereocenters. The van der Waals surface area contributed by atoms with Crippen LogP contribution in [0.25, 0.3) is 0 Å². The summed E-state index contributed by atoms with van der Waals surface area (Å²) in [6.45, 7) is 7.06. The van der Waals surface area contributed by atoms with Gasteiger partial charge in [-0.25, -0.2) is 0 Å². The molecule has 0 aliphatic rings. The zero-order valence-electron chi connectivity index (χ0n) is 10.4. The fourth-order valence-corrected chi connectivity index (χ4v) is 1.06. The summed E-state index contributed by atoms with van der Waals surface area (Å²) in [7, 11) is 3.17. The highest BCUT2D eigenvalue weighted by Crippen LogP contribution is 2.20. The van der Waals surface area contributed by atoms with Crippen molar-refractivity contribution in [2.24, 2.45) is 0 Å². The number of methoxy groups -OCH3 is 2. The van der Waals surface area contributed by atoms with Crippen LogP contribution in [0.5, 0.6) is 0 Å². The molecule has 2 heteroatoms. The first-order valence-electron chi connectivity index (χ1n) is 5.05. The van der Waals surface area contributed by atoms with Crippen molar-refractivity contribution in [1.82, 2.24) is 0 Å². The van der Waals surface area contributed by atoms with Crippen molar-refractivity contribution in [3.8, 4) is 0 Å². The zero-order valence-corrected chi connectivity index (χ0v) is 10.4. The summed E-state index contributed by atoms with van der Waals surface area (Å²) in [4.78, 5) is 0. The molecule has 1 aromatic carbocycles. The van der Waals surface area contributed by atoms with Gasteiger partial charge in [0.25, 0.3) is 0 Å². The van der Waals surface area contributed by atoms with E-state index in [2.05, 4.69) is 60.6 Å². The molecule has 0 aliphatic carbocycles. The Kier molecular flexibility index (Phi) is 7.01. The molecular weight excluding hydrogens is 188 g/mol. The monoisotopic (exact) mass is 210 g/mol. The summed E-state index contributed by atoms with van der Waals surface area (Å²) in [5.41, 5.74) is 1.69. The van der Waals surface area contributed by atoms with Gasteiger partial charge in [0, 0.05) is 14.2 Å². The number of hydrogen-bond acceptors (Lipinski definition) is 2. The summed E-state index contributed by atoms with van der Waals surface area (Å²) in [5, 5.41) is 0. The Morgan fingerprint density at radius 3 is 1.60 bits per heavy atom. The molecule has 0 fully saturated rings. The van der Waals surface area contributed by atoms with E-state index in [1.165, 1.54) is 5.56 Å². The molecular formula is C13H22O2. The third-order valence-electron chi connectivity index (χ3n) is 1.88. The average Bonchev–Trinajstić information content (AvgIpc) is 2.20. The van der Waals surface area contributed by atoms with E-state index in [9.17, 15) is 0 Å². The third-order valence-corrected chi connectivity index (χ3v) is 1.88. The highest BCUT2D eigenvalue weighted by Gasteiger charge is 2.11. The summed E-state index contributed by atoms with van der Waals surface area (Å²) in [6.07, 6.45) is 0. The lowest BCUT2D eigenvalue weighted by atomic mass is 9.87. The average molecular weight is 210 g/mol. The van der Waals surface area contributed by atoms with Gasteiger partial charge in [-0.05, 0) is 11.0 Å². The predicted molar refractivity (Wildman–Crippen MR) is 64.0 cm³/mol. The third kappa shape index (κ3) is 7.11. The van der Waals surface area contributed by atoms with Crippen LogP contribution in [0.15, 0.2) is 30.3 Å². The van der Waals surface area contributed by atoms with E-state index in [1.54, 1.807) is 14.2 Å². The normalized spacial score (nSPS) is 10.5. The Balaban J connectivity index is 0.000000336. The lowest BCUT2D eigenvalue weighted by molar-refractivity contribution is -0.00271. The molecule has 86 valence electrons. The van der Waals surface area contributed by atoms with Crippen LogP contribution in [0.4, 0.5) is 0 Å². The van der Waals surface area contributed by atoms with E-state index in [1.807, 2.05) is 0 Å². The van der Waals surface area contributed by atoms with Crippen LogP contribution in [0.3, 0.4) is 0 Å². The highest BCUT2D eigenvalue weighted by atomic mass is 16.6. The van der Waals surface area contributed by atoms with Gasteiger partial charge in [0.1, 0.15) is 6.79 Å². The van der Waals surface area contributed by atoms with Gasteiger partial charge in [-0.15, -0.1) is 0 Å². The quantitative estimate of drug-likeness (QED) is 0.698. The second-order valence-electron chi connectivity index (χ2n) is 4.31. The molecule has 0 N–H and O–H groups in total. The molecule has 0 aromatic heterocycles. The number of ether oxygens (including phenoxy) is 2. The second-order valence-corrected chi connectivity index (χ2v) is 4.31. The lowest BCUT2D eigenvalue weighted by Crippen LogP contribution is -2.10. The fourth-order valence-electron chi connectivity index (χ4n) is 1.06. The maximum Gasteiger partial charge on any atom is 0.145 e. The van der Waals surface area contributed by atoms with Crippen LogP contribution in [-0.2, 0) is 14.9 Å². The van der Waals surface area contributed by atoms with Gasteiger partial charge in [0.15, 0.2) is 0 Å². The first-order chi connectivity index (χ1) is 7.02. The number of benzene rings is 1. The van der Waals surface area contributed by atoms with E-state index in [4.69, 9.17) is 0 Å². The van der Waals surface area contributed by atoms with Gasteiger partial charge < -0.3 is 9.47 Å². The Morgan fingerprint density at radius 1 is 0.933 bits per heavy atom. The smallest absolute Gasteiger partial charge is 0.145 e. The standard InChI is InChI=1S/C10H14.C3H8O2/c1-10(2,3)9-7-5-4-6-8-9;1-4-3-5-2/h4-8H,1-3H3;3H2,1-2H3. The molecule has 0 radical (unpaired) electrons. The zero-order chi connectivity index (χ0) is 11.7. The molecule has 15 heavy (non-hydrogen) atoms. The fraction of sp³-hybridized carbons (Fsp3) is 0.538. The van der Waals surface area contributed by atoms with E-state index in [-0.39, 0.29) is 0 Å². The molecule has 1 rings (SSSR count). The lowest BCUT2D eigenvalue weighted by Gasteiger charge is -2.18. The Hall–Kier alpha value is -0.860. The van der Waals surface area contributed by atoms with Crippen molar-refractivity contribution in [1.29, 1.82) is 0 Å². The molecule has 0 aliphatic heterocycles. The summed E-state index contributed by atoms with van der Waals surface area (Å²) >= 11 is 0.